The number of ether oxygens (including phenoxy) is 1. The topological polar surface area (TPSA) is 65.2 Å². The summed E-state index contributed by atoms with van der Waals surface area (Å²) in [5.74, 6) is 2.35. The lowest BCUT2D eigenvalue weighted by molar-refractivity contribution is -0.117. The third kappa shape index (κ3) is 1.87. The Hall–Kier alpha value is -0.880. The summed E-state index contributed by atoms with van der Waals surface area (Å²) in [6.07, 6.45) is 4.09. The second-order valence-electron chi connectivity index (χ2n) is 4.90. The number of carbonyl (C=O) groups excluding carboxylic acids is 1. The Morgan fingerprint density at radius 2 is 2.22 bits per heavy atom. The zero-order valence-corrected chi connectivity index (χ0v) is 11.2. The van der Waals surface area contributed by atoms with E-state index in [0.717, 1.165) is 31.4 Å². The minimum absolute atomic E-state index is 0.188. The Kier molecular flexibility index (Phi) is 3.15. The number of thioether (sulfide) groups is 1. The first-order valence-electron chi connectivity index (χ1n) is 6.25. The molecule has 0 amide bonds. The van der Waals surface area contributed by atoms with E-state index in [1.54, 1.807) is 18.9 Å². The van der Waals surface area contributed by atoms with E-state index in [1.165, 1.54) is 0 Å². The molecule has 1 saturated carbocycles. The fourth-order valence-corrected chi connectivity index (χ4v) is 3.79. The van der Waals surface area contributed by atoms with Gasteiger partial charge < -0.3 is 9.26 Å². The van der Waals surface area contributed by atoms with Gasteiger partial charge in [-0.2, -0.15) is 16.7 Å². The van der Waals surface area contributed by atoms with Crippen LogP contribution in [-0.2, 0) is 15.1 Å². The van der Waals surface area contributed by atoms with Crippen LogP contribution in [0.25, 0.3) is 0 Å². The van der Waals surface area contributed by atoms with Crippen LogP contribution in [0.15, 0.2) is 4.52 Å². The molecule has 2 fully saturated rings. The van der Waals surface area contributed by atoms with Crippen LogP contribution in [0.3, 0.4) is 0 Å². The Labute approximate surface area is 110 Å². The van der Waals surface area contributed by atoms with Gasteiger partial charge in [0.15, 0.2) is 5.78 Å². The number of carbonyl (C=O) groups is 1. The summed E-state index contributed by atoms with van der Waals surface area (Å²) in [4.78, 5) is 16.1. The van der Waals surface area contributed by atoms with E-state index in [2.05, 4.69) is 10.1 Å². The van der Waals surface area contributed by atoms with Gasteiger partial charge in [0, 0.05) is 12.9 Å². The second-order valence-corrected chi connectivity index (χ2v) is 5.93. The molecule has 1 saturated heterocycles. The van der Waals surface area contributed by atoms with Crippen molar-refractivity contribution in [3.63, 3.8) is 0 Å². The highest BCUT2D eigenvalue weighted by molar-refractivity contribution is 8.00. The van der Waals surface area contributed by atoms with Crippen molar-refractivity contribution in [1.82, 2.24) is 10.1 Å². The molecule has 0 aromatic carbocycles. The molecule has 0 spiro atoms. The molecule has 6 heteroatoms. The summed E-state index contributed by atoms with van der Waals surface area (Å²) in [5.41, 5.74) is -0.392. The van der Waals surface area contributed by atoms with Crippen molar-refractivity contribution >= 4 is 17.5 Å². The number of Topliss-reactive ketones (excluding diaryl/α,β-unsaturated/α-hetero) is 1. The molecule has 2 heterocycles. The van der Waals surface area contributed by atoms with Crippen molar-refractivity contribution in [3.8, 4) is 0 Å². The Bertz CT molecular complexity index is 454. The van der Waals surface area contributed by atoms with Crippen LogP contribution < -0.4 is 0 Å². The molecule has 1 aromatic rings. The van der Waals surface area contributed by atoms with Crippen LogP contribution in [0.4, 0.5) is 0 Å². The number of hydrogen-bond donors (Lipinski definition) is 0. The van der Waals surface area contributed by atoms with E-state index in [9.17, 15) is 4.79 Å². The van der Waals surface area contributed by atoms with Crippen molar-refractivity contribution < 1.29 is 14.1 Å². The molecule has 0 N–H and O–H groups in total. The Morgan fingerprint density at radius 3 is 2.83 bits per heavy atom. The third-order valence-corrected chi connectivity index (χ3v) is 4.92. The number of rotatable bonds is 3. The normalized spacial score (nSPS) is 26.9. The van der Waals surface area contributed by atoms with Crippen LogP contribution in [0.1, 0.15) is 43.3 Å². The van der Waals surface area contributed by atoms with Gasteiger partial charge in [0.1, 0.15) is 11.5 Å². The molecular formula is C12H16N2O3S. The average Bonchev–Trinajstić information content (AvgIpc) is 3.08. The number of ketones is 1. The van der Waals surface area contributed by atoms with Gasteiger partial charge in [0.25, 0.3) is 0 Å². The molecule has 1 aromatic heterocycles. The number of methoxy groups -OCH3 is 1. The molecule has 1 aliphatic carbocycles. The van der Waals surface area contributed by atoms with Gasteiger partial charge >= 0.3 is 0 Å². The summed E-state index contributed by atoms with van der Waals surface area (Å²) in [5, 5.41) is 4.05. The Morgan fingerprint density at radius 1 is 1.44 bits per heavy atom. The van der Waals surface area contributed by atoms with Gasteiger partial charge in [-0.05, 0) is 25.7 Å². The zero-order chi connectivity index (χ0) is 12.6. The van der Waals surface area contributed by atoms with Crippen LogP contribution in [0.2, 0.25) is 0 Å². The van der Waals surface area contributed by atoms with Crippen molar-refractivity contribution in [3.05, 3.63) is 11.7 Å². The summed E-state index contributed by atoms with van der Waals surface area (Å²) < 4.78 is 10.9. The molecule has 3 rings (SSSR count). The van der Waals surface area contributed by atoms with E-state index in [1.807, 2.05) is 0 Å². The van der Waals surface area contributed by atoms with Crippen molar-refractivity contribution in [2.75, 3.05) is 18.6 Å². The Balaban J connectivity index is 1.86. The summed E-state index contributed by atoms with van der Waals surface area (Å²) in [6.45, 7) is 0. The van der Waals surface area contributed by atoms with Crippen LogP contribution >= 0.6 is 11.8 Å². The molecular weight excluding hydrogens is 252 g/mol. The minimum Gasteiger partial charge on any atom is -0.370 e. The van der Waals surface area contributed by atoms with Crippen LogP contribution in [-0.4, -0.2) is 34.5 Å². The maximum Gasteiger partial charge on any atom is 0.238 e. The summed E-state index contributed by atoms with van der Waals surface area (Å²) >= 11 is 1.62. The summed E-state index contributed by atoms with van der Waals surface area (Å²) in [6, 6.07) is 0. The average molecular weight is 268 g/mol. The van der Waals surface area contributed by atoms with Crippen molar-refractivity contribution in [2.24, 2.45) is 0 Å². The molecule has 98 valence electrons. The van der Waals surface area contributed by atoms with E-state index in [4.69, 9.17) is 9.26 Å². The SMILES string of the molecule is COC1(c2noc(C3CSCC3=O)n2)CCCC1. The molecule has 1 atom stereocenters. The zero-order valence-electron chi connectivity index (χ0n) is 10.3. The molecule has 2 aliphatic rings. The first-order chi connectivity index (χ1) is 8.75. The fourth-order valence-electron chi connectivity index (χ4n) is 2.71. The second kappa shape index (κ2) is 4.66. The smallest absolute Gasteiger partial charge is 0.238 e. The quantitative estimate of drug-likeness (QED) is 0.834. The number of nitrogens with zero attached hydrogens (tertiary/aromatic N) is 2. The van der Waals surface area contributed by atoms with Gasteiger partial charge in [-0.1, -0.05) is 5.16 Å². The highest BCUT2D eigenvalue weighted by atomic mass is 32.2. The highest BCUT2D eigenvalue weighted by Crippen LogP contribution is 2.40. The molecule has 1 unspecified atom stereocenters. The first-order valence-corrected chi connectivity index (χ1v) is 7.40. The maximum atomic E-state index is 11.7. The lowest BCUT2D eigenvalue weighted by Gasteiger charge is -2.22. The van der Waals surface area contributed by atoms with E-state index >= 15 is 0 Å². The van der Waals surface area contributed by atoms with Crippen molar-refractivity contribution in [2.45, 2.75) is 37.2 Å². The van der Waals surface area contributed by atoms with E-state index < -0.39 is 5.60 Å². The highest BCUT2D eigenvalue weighted by Gasteiger charge is 2.41. The van der Waals surface area contributed by atoms with Crippen LogP contribution in [0.5, 0.6) is 0 Å². The molecule has 5 nitrogen and oxygen atoms in total. The number of aromatic nitrogens is 2. The van der Waals surface area contributed by atoms with Gasteiger partial charge in [-0.3, -0.25) is 4.79 Å². The minimum atomic E-state index is -0.392. The largest absolute Gasteiger partial charge is 0.370 e. The first kappa shape index (κ1) is 12.2. The fraction of sp³-hybridized carbons (Fsp3) is 0.750. The number of hydrogen-bond acceptors (Lipinski definition) is 6. The lowest BCUT2D eigenvalue weighted by Crippen LogP contribution is -2.26. The predicted molar refractivity (Wildman–Crippen MR) is 66.5 cm³/mol. The van der Waals surface area contributed by atoms with E-state index in [0.29, 0.717) is 17.5 Å². The standard InChI is InChI=1S/C12H16N2O3S/c1-16-12(4-2-3-5-12)11-13-10(17-14-11)8-6-18-7-9(8)15/h8H,2-7H2,1H3. The van der Waals surface area contributed by atoms with Gasteiger partial charge in [-0.15, -0.1) is 0 Å². The summed E-state index contributed by atoms with van der Waals surface area (Å²) in [7, 11) is 1.69. The van der Waals surface area contributed by atoms with Crippen molar-refractivity contribution in [1.29, 1.82) is 0 Å². The molecule has 0 radical (unpaired) electrons. The third-order valence-electron chi connectivity index (χ3n) is 3.87. The molecule has 1 aliphatic heterocycles. The molecule has 0 bridgehead atoms. The predicted octanol–water partition coefficient (Wildman–Crippen LogP) is 1.88. The monoisotopic (exact) mass is 268 g/mol. The van der Waals surface area contributed by atoms with Gasteiger partial charge in [0.2, 0.25) is 11.7 Å². The van der Waals surface area contributed by atoms with Crippen LogP contribution in [0, 0.1) is 0 Å². The molecule has 18 heavy (non-hydrogen) atoms. The maximum absolute atomic E-state index is 11.7. The van der Waals surface area contributed by atoms with E-state index in [-0.39, 0.29) is 11.7 Å². The lowest BCUT2D eigenvalue weighted by atomic mass is 10.0. The van der Waals surface area contributed by atoms with Gasteiger partial charge in [0.05, 0.1) is 5.75 Å². The van der Waals surface area contributed by atoms with Gasteiger partial charge in [-0.25, -0.2) is 0 Å².